The summed E-state index contributed by atoms with van der Waals surface area (Å²) in [7, 11) is 0. The van der Waals surface area contributed by atoms with Crippen LogP contribution in [0.5, 0.6) is 0 Å². The quantitative estimate of drug-likeness (QED) is 0.630. The molecular weight excluding hydrogens is 178 g/mol. The standard InChI is InChI=1S/C11H7NO2/c1-7-2-3-11-9(4-7)10(13)5-8(6-12)14-11/h2-5H,1H3. The number of benzene rings is 1. The highest BCUT2D eigenvalue weighted by molar-refractivity contribution is 5.77. The zero-order valence-corrected chi connectivity index (χ0v) is 7.57. The minimum Gasteiger partial charge on any atom is -0.445 e. The fourth-order valence-electron chi connectivity index (χ4n) is 1.33. The number of aryl methyl sites for hydroxylation is 1. The molecule has 0 aliphatic carbocycles. The molecule has 0 spiro atoms. The summed E-state index contributed by atoms with van der Waals surface area (Å²) in [5.74, 6) is 0.0475. The molecule has 1 aromatic heterocycles. The van der Waals surface area contributed by atoms with Crippen molar-refractivity contribution in [2.75, 3.05) is 0 Å². The predicted octanol–water partition coefficient (Wildman–Crippen LogP) is 1.97. The highest BCUT2D eigenvalue weighted by atomic mass is 16.3. The van der Waals surface area contributed by atoms with Gasteiger partial charge in [-0.15, -0.1) is 0 Å². The Morgan fingerprint density at radius 1 is 1.36 bits per heavy atom. The average molecular weight is 185 g/mol. The first-order chi connectivity index (χ1) is 6.70. The van der Waals surface area contributed by atoms with E-state index in [0.717, 1.165) is 5.56 Å². The molecule has 0 fully saturated rings. The van der Waals surface area contributed by atoms with Crippen LogP contribution in [0.25, 0.3) is 11.0 Å². The van der Waals surface area contributed by atoms with Gasteiger partial charge in [0.1, 0.15) is 11.7 Å². The zero-order valence-electron chi connectivity index (χ0n) is 7.57. The van der Waals surface area contributed by atoms with Gasteiger partial charge in [-0.05, 0) is 19.1 Å². The van der Waals surface area contributed by atoms with Gasteiger partial charge >= 0.3 is 0 Å². The van der Waals surface area contributed by atoms with Crippen LogP contribution in [0, 0.1) is 18.3 Å². The van der Waals surface area contributed by atoms with E-state index in [1.54, 1.807) is 12.1 Å². The van der Waals surface area contributed by atoms with E-state index in [0.29, 0.717) is 11.0 Å². The van der Waals surface area contributed by atoms with Crippen LogP contribution in [0.15, 0.2) is 33.5 Å². The van der Waals surface area contributed by atoms with E-state index >= 15 is 0 Å². The van der Waals surface area contributed by atoms with Crippen LogP contribution in [0.3, 0.4) is 0 Å². The van der Waals surface area contributed by atoms with Gasteiger partial charge in [0, 0.05) is 6.07 Å². The molecule has 0 atom stereocenters. The molecule has 0 N–H and O–H groups in total. The molecule has 2 rings (SSSR count). The third kappa shape index (κ3) is 1.27. The molecule has 68 valence electrons. The largest absolute Gasteiger partial charge is 0.445 e. The van der Waals surface area contributed by atoms with Crippen molar-refractivity contribution in [3.05, 3.63) is 45.8 Å². The summed E-state index contributed by atoms with van der Waals surface area (Å²) >= 11 is 0. The minimum atomic E-state index is -0.175. The number of hydrogen-bond acceptors (Lipinski definition) is 3. The Balaban J connectivity index is 2.92. The number of hydrogen-bond donors (Lipinski definition) is 0. The van der Waals surface area contributed by atoms with Crippen LogP contribution < -0.4 is 5.43 Å². The van der Waals surface area contributed by atoms with Crippen LogP contribution in [0.4, 0.5) is 0 Å². The Kier molecular flexibility index (Phi) is 1.83. The lowest BCUT2D eigenvalue weighted by Crippen LogP contribution is -2.00. The molecule has 0 saturated heterocycles. The first-order valence-corrected chi connectivity index (χ1v) is 4.15. The Bertz CT molecular complexity index is 590. The van der Waals surface area contributed by atoms with Gasteiger partial charge in [-0.3, -0.25) is 4.79 Å². The second kappa shape index (κ2) is 3.00. The summed E-state index contributed by atoms with van der Waals surface area (Å²) in [4.78, 5) is 11.5. The summed E-state index contributed by atoms with van der Waals surface area (Å²) < 4.78 is 5.19. The Morgan fingerprint density at radius 3 is 2.86 bits per heavy atom. The minimum absolute atomic E-state index is 0.0475. The van der Waals surface area contributed by atoms with E-state index in [-0.39, 0.29) is 11.2 Å². The SMILES string of the molecule is Cc1ccc2oc(C#N)cc(=O)c2c1. The Hall–Kier alpha value is -2.08. The van der Waals surface area contributed by atoms with Gasteiger partial charge in [-0.1, -0.05) is 11.6 Å². The van der Waals surface area contributed by atoms with Gasteiger partial charge in [-0.25, -0.2) is 0 Å². The summed E-state index contributed by atoms with van der Waals surface area (Å²) in [6.45, 7) is 1.90. The van der Waals surface area contributed by atoms with Crippen LogP contribution in [0.1, 0.15) is 11.3 Å². The van der Waals surface area contributed by atoms with Gasteiger partial charge in [-0.2, -0.15) is 5.26 Å². The first-order valence-electron chi connectivity index (χ1n) is 4.15. The van der Waals surface area contributed by atoms with E-state index in [1.165, 1.54) is 6.07 Å². The monoisotopic (exact) mass is 185 g/mol. The van der Waals surface area contributed by atoms with Gasteiger partial charge in [0.15, 0.2) is 5.43 Å². The zero-order chi connectivity index (χ0) is 10.1. The smallest absolute Gasteiger partial charge is 0.207 e. The van der Waals surface area contributed by atoms with Crippen molar-refractivity contribution < 1.29 is 4.42 Å². The molecule has 0 aliphatic heterocycles. The van der Waals surface area contributed by atoms with Crippen molar-refractivity contribution in [2.45, 2.75) is 6.92 Å². The molecule has 2 aromatic rings. The molecule has 14 heavy (non-hydrogen) atoms. The van der Waals surface area contributed by atoms with Crippen LogP contribution in [0.2, 0.25) is 0 Å². The molecule has 0 amide bonds. The summed E-state index contributed by atoms with van der Waals surface area (Å²) in [5.41, 5.74) is 1.28. The average Bonchev–Trinajstić information content (AvgIpc) is 2.19. The normalized spacial score (nSPS) is 10.0. The Labute approximate surface area is 80.2 Å². The fraction of sp³-hybridized carbons (Fsp3) is 0.0909. The van der Waals surface area contributed by atoms with Crippen LogP contribution in [-0.2, 0) is 0 Å². The van der Waals surface area contributed by atoms with Gasteiger partial charge < -0.3 is 4.42 Å². The van der Waals surface area contributed by atoms with Crippen LogP contribution >= 0.6 is 0 Å². The maximum absolute atomic E-state index is 11.5. The molecule has 0 bridgehead atoms. The highest BCUT2D eigenvalue weighted by Gasteiger charge is 2.03. The lowest BCUT2D eigenvalue weighted by atomic mass is 10.1. The number of fused-ring (bicyclic) bond motifs is 1. The van der Waals surface area contributed by atoms with Crippen LogP contribution in [-0.4, -0.2) is 0 Å². The number of rotatable bonds is 0. The van der Waals surface area contributed by atoms with Crippen molar-refractivity contribution in [1.82, 2.24) is 0 Å². The summed E-state index contributed by atoms with van der Waals surface area (Å²) in [6, 6.07) is 8.31. The second-order valence-electron chi connectivity index (χ2n) is 3.09. The van der Waals surface area contributed by atoms with Gasteiger partial charge in [0.05, 0.1) is 5.39 Å². The van der Waals surface area contributed by atoms with E-state index in [4.69, 9.17) is 9.68 Å². The van der Waals surface area contributed by atoms with Crippen molar-refractivity contribution in [3.8, 4) is 6.07 Å². The second-order valence-corrected chi connectivity index (χ2v) is 3.09. The molecular formula is C11H7NO2. The molecule has 0 unspecified atom stereocenters. The third-order valence-electron chi connectivity index (χ3n) is 1.99. The molecule has 3 heteroatoms. The summed E-state index contributed by atoms with van der Waals surface area (Å²) in [6.07, 6.45) is 0. The fourth-order valence-corrected chi connectivity index (χ4v) is 1.33. The molecule has 1 aromatic carbocycles. The van der Waals surface area contributed by atoms with E-state index in [1.807, 2.05) is 19.1 Å². The lowest BCUT2D eigenvalue weighted by molar-refractivity contribution is 0.586. The molecule has 1 heterocycles. The molecule has 3 nitrogen and oxygen atoms in total. The van der Waals surface area contributed by atoms with E-state index in [9.17, 15) is 4.79 Å². The first kappa shape index (κ1) is 8.52. The Morgan fingerprint density at radius 2 is 2.14 bits per heavy atom. The topological polar surface area (TPSA) is 54.0 Å². The van der Waals surface area contributed by atoms with Gasteiger partial charge in [0.25, 0.3) is 0 Å². The van der Waals surface area contributed by atoms with Crippen molar-refractivity contribution >= 4 is 11.0 Å². The highest BCUT2D eigenvalue weighted by Crippen LogP contribution is 2.13. The molecule has 0 saturated carbocycles. The number of nitriles is 1. The van der Waals surface area contributed by atoms with E-state index in [2.05, 4.69) is 0 Å². The van der Waals surface area contributed by atoms with Crippen molar-refractivity contribution in [2.24, 2.45) is 0 Å². The summed E-state index contributed by atoms with van der Waals surface area (Å²) in [5, 5.41) is 9.11. The third-order valence-corrected chi connectivity index (χ3v) is 1.99. The number of nitrogens with zero attached hydrogens (tertiary/aromatic N) is 1. The van der Waals surface area contributed by atoms with E-state index < -0.39 is 0 Å². The predicted molar refractivity (Wildman–Crippen MR) is 51.9 cm³/mol. The lowest BCUT2D eigenvalue weighted by Gasteiger charge is -1.97. The molecule has 0 radical (unpaired) electrons. The van der Waals surface area contributed by atoms with Crippen molar-refractivity contribution in [1.29, 1.82) is 5.26 Å². The molecule has 0 aliphatic rings. The maximum Gasteiger partial charge on any atom is 0.207 e. The van der Waals surface area contributed by atoms with Crippen molar-refractivity contribution in [3.63, 3.8) is 0 Å². The van der Waals surface area contributed by atoms with Gasteiger partial charge in [0.2, 0.25) is 5.76 Å². The maximum atomic E-state index is 11.5.